The lowest BCUT2D eigenvalue weighted by atomic mass is 9.91. The maximum Gasteiger partial charge on any atom is 0.234 e. The van der Waals surface area contributed by atoms with E-state index in [-0.39, 0.29) is 11.7 Å². The zero-order valence-electron chi connectivity index (χ0n) is 16.5. The van der Waals surface area contributed by atoms with E-state index in [2.05, 4.69) is 41.6 Å². The summed E-state index contributed by atoms with van der Waals surface area (Å²) in [7, 11) is 0. The molecule has 0 atom stereocenters. The molecule has 2 rings (SSSR count). The molecule has 0 unspecified atom stereocenters. The monoisotopic (exact) mass is 357 g/mol. The van der Waals surface area contributed by atoms with Crippen LogP contribution in [0.15, 0.2) is 18.7 Å². The number of rotatable bonds is 7. The van der Waals surface area contributed by atoms with Gasteiger partial charge in [0.15, 0.2) is 5.78 Å². The standard InChI is InChI=1S/C21H31N3O2/c1-6-7-22-20(26)14-24-10-8-23(9-11-24)13-19-15(2)12-16(3)21(17(19)4)18(5)25/h6,12H,1,7-11,13-14H2,2-5H3,(H,22,26). The van der Waals surface area contributed by atoms with E-state index in [4.69, 9.17) is 0 Å². The molecule has 0 radical (unpaired) electrons. The normalized spacial score (nSPS) is 15.7. The van der Waals surface area contributed by atoms with Gasteiger partial charge < -0.3 is 5.32 Å². The number of hydrogen-bond acceptors (Lipinski definition) is 4. The maximum absolute atomic E-state index is 12.0. The number of aryl methyl sites for hydroxylation is 2. The van der Waals surface area contributed by atoms with Crippen LogP contribution in [0.5, 0.6) is 0 Å². The van der Waals surface area contributed by atoms with E-state index in [1.54, 1.807) is 13.0 Å². The highest BCUT2D eigenvalue weighted by molar-refractivity contribution is 5.97. The summed E-state index contributed by atoms with van der Waals surface area (Å²) in [6.45, 7) is 16.9. The van der Waals surface area contributed by atoms with Gasteiger partial charge in [-0.2, -0.15) is 0 Å². The van der Waals surface area contributed by atoms with Crippen molar-refractivity contribution in [3.05, 3.63) is 46.5 Å². The molecular formula is C21H31N3O2. The highest BCUT2D eigenvalue weighted by atomic mass is 16.2. The highest BCUT2D eigenvalue weighted by Crippen LogP contribution is 2.24. The number of benzene rings is 1. The molecule has 0 aromatic heterocycles. The Bertz CT molecular complexity index is 689. The SMILES string of the molecule is C=CCNC(=O)CN1CCN(Cc2c(C)cc(C)c(C(C)=O)c2C)CC1. The Balaban J connectivity index is 1.97. The molecule has 0 saturated carbocycles. The van der Waals surface area contributed by atoms with Crippen molar-refractivity contribution in [2.45, 2.75) is 34.2 Å². The summed E-state index contributed by atoms with van der Waals surface area (Å²) in [5.74, 6) is 0.186. The summed E-state index contributed by atoms with van der Waals surface area (Å²) >= 11 is 0. The van der Waals surface area contributed by atoms with E-state index in [1.807, 2.05) is 6.92 Å². The van der Waals surface area contributed by atoms with Crippen molar-refractivity contribution in [2.24, 2.45) is 0 Å². The Morgan fingerprint density at radius 3 is 2.31 bits per heavy atom. The van der Waals surface area contributed by atoms with Gasteiger partial charge in [0.1, 0.15) is 0 Å². The number of ketones is 1. The second-order valence-corrected chi connectivity index (χ2v) is 7.19. The van der Waals surface area contributed by atoms with Crippen LogP contribution in [0.25, 0.3) is 0 Å². The summed E-state index contributed by atoms with van der Waals surface area (Å²) in [6.07, 6.45) is 1.69. The van der Waals surface area contributed by atoms with Crippen molar-refractivity contribution in [3.8, 4) is 0 Å². The van der Waals surface area contributed by atoms with Crippen molar-refractivity contribution in [3.63, 3.8) is 0 Å². The fourth-order valence-corrected chi connectivity index (χ4v) is 3.79. The van der Waals surface area contributed by atoms with Crippen LogP contribution in [0.4, 0.5) is 0 Å². The van der Waals surface area contributed by atoms with Gasteiger partial charge in [-0.25, -0.2) is 0 Å². The maximum atomic E-state index is 12.0. The summed E-state index contributed by atoms with van der Waals surface area (Å²) in [5, 5.41) is 2.82. The third-order valence-electron chi connectivity index (χ3n) is 5.14. The van der Waals surface area contributed by atoms with Crippen molar-refractivity contribution in [1.29, 1.82) is 0 Å². The first-order valence-corrected chi connectivity index (χ1v) is 9.26. The third-order valence-corrected chi connectivity index (χ3v) is 5.14. The number of nitrogens with zero attached hydrogens (tertiary/aromatic N) is 2. The van der Waals surface area contributed by atoms with Gasteiger partial charge in [0.25, 0.3) is 0 Å². The topological polar surface area (TPSA) is 52.7 Å². The molecule has 26 heavy (non-hydrogen) atoms. The van der Waals surface area contributed by atoms with Crippen LogP contribution in [0.3, 0.4) is 0 Å². The molecule has 1 heterocycles. The van der Waals surface area contributed by atoms with E-state index in [1.165, 1.54) is 11.1 Å². The molecule has 1 aromatic rings. The van der Waals surface area contributed by atoms with E-state index in [0.717, 1.165) is 49.4 Å². The van der Waals surface area contributed by atoms with Crippen LogP contribution in [0.2, 0.25) is 0 Å². The minimum atomic E-state index is 0.0506. The predicted octanol–water partition coefficient (Wildman–Crippen LogP) is 2.23. The van der Waals surface area contributed by atoms with Crippen LogP contribution < -0.4 is 5.32 Å². The predicted molar refractivity (Wildman–Crippen MR) is 106 cm³/mol. The van der Waals surface area contributed by atoms with E-state index < -0.39 is 0 Å². The molecule has 0 bridgehead atoms. The molecule has 1 aromatic carbocycles. The molecule has 5 nitrogen and oxygen atoms in total. The fourth-order valence-electron chi connectivity index (χ4n) is 3.79. The third kappa shape index (κ3) is 5.02. The molecule has 0 spiro atoms. The molecule has 0 aliphatic carbocycles. The number of Topliss-reactive ketones (excluding diaryl/α,β-unsaturated/α-hetero) is 1. The fraction of sp³-hybridized carbons (Fsp3) is 0.524. The molecule has 1 amide bonds. The number of hydrogen-bond donors (Lipinski definition) is 1. The molecule has 1 aliphatic heterocycles. The van der Waals surface area contributed by atoms with Crippen molar-refractivity contribution >= 4 is 11.7 Å². The largest absolute Gasteiger partial charge is 0.352 e. The summed E-state index contributed by atoms with van der Waals surface area (Å²) in [5.41, 5.74) is 5.55. The molecule has 5 heteroatoms. The molecule has 1 N–H and O–H groups in total. The molecule has 1 aliphatic rings. The summed E-state index contributed by atoms with van der Waals surface area (Å²) in [6, 6.07) is 2.12. The average Bonchev–Trinajstić information content (AvgIpc) is 2.57. The van der Waals surface area contributed by atoms with Crippen LogP contribution >= 0.6 is 0 Å². The second-order valence-electron chi connectivity index (χ2n) is 7.19. The Kier molecular flexibility index (Phi) is 7.12. The van der Waals surface area contributed by atoms with Crippen molar-refractivity contribution < 1.29 is 9.59 Å². The van der Waals surface area contributed by atoms with Gasteiger partial charge >= 0.3 is 0 Å². The smallest absolute Gasteiger partial charge is 0.234 e. The Morgan fingerprint density at radius 1 is 1.12 bits per heavy atom. The molecule has 1 saturated heterocycles. The molecular weight excluding hydrogens is 326 g/mol. The van der Waals surface area contributed by atoms with Gasteiger partial charge in [0.05, 0.1) is 6.54 Å². The van der Waals surface area contributed by atoms with Crippen LogP contribution in [0, 0.1) is 20.8 Å². The quantitative estimate of drug-likeness (QED) is 0.601. The van der Waals surface area contributed by atoms with Crippen molar-refractivity contribution in [1.82, 2.24) is 15.1 Å². The van der Waals surface area contributed by atoms with Crippen LogP contribution in [-0.2, 0) is 11.3 Å². The van der Waals surface area contributed by atoms with Gasteiger partial charge in [0.2, 0.25) is 5.91 Å². The highest BCUT2D eigenvalue weighted by Gasteiger charge is 2.21. The summed E-state index contributed by atoms with van der Waals surface area (Å²) < 4.78 is 0. The van der Waals surface area contributed by atoms with Gasteiger partial charge in [-0.1, -0.05) is 12.1 Å². The lowest BCUT2D eigenvalue weighted by molar-refractivity contribution is -0.122. The van der Waals surface area contributed by atoms with Crippen LogP contribution in [0.1, 0.15) is 39.5 Å². The van der Waals surface area contributed by atoms with Crippen LogP contribution in [-0.4, -0.2) is 60.8 Å². The average molecular weight is 357 g/mol. The first-order chi connectivity index (χ1) is 12.3. The van der Waals surface area contributed by atoms with E-state index in [9.17, 15) is 9.59 Å². The zero-order chi connectivity index (χ0) is 19.3. The lowest BCUT2D eigenvalue weighted by Gasteiger charge is -2.35. The van der Waals surface area contributed by atoms with Crippen molar-refractivity contribution in [2.75, 3.05) is 39.3 Å². The molecule has 1 fully saturated rings. The number of carbonyl (C=O) groups is 2. The van der Waals surface area contributed by atoms with E-state index >= 15 is 0 Å². The van der Waals surface area contributed by atoms with Gasteiger partial charge in [-0.15, -0.1) is 6.58 Å². The van der Waals surface area contributed by atoms with Gasteiger partial charge in [-0.05, 0) is 49.9 Å². The number of amides is 1. The Morgan fingerprint density at radius 2 is 1.73 bits per heavy atom. The molecule has 142 valence electrons. The first kappa shape index (κ1) is 20.3. The Hall–Kier alpha value is -1.98. The van der Waals surface area contributed by atoms with E-state index in [0.29, 0.717) is 13.1 Å². The number of piperazine rings is 1. The zero-order valence-corrected chi connectivity index (χ0v) is 16.5. The number of carbonyl (C=O) groups excluding carboxylic acids is 2. The minimum Gasteiger partial charge on any atom is -0.352 e. The van der Waals surface area contributed by atoms with Gasteiger partial charge in [0, 0.05) is 44.8 Å². The van der Waals surface area contributed by atoms with Gasteiger partial charge in [-0.3, -0.25) is 19.4 Å². The minimum absolute atomic E-state index is 0.0506. The Labute approximate surface area is 157 Å². The first-order valence-electron chi connectivity index (χ1n) is 9.26. The second kappa shape index (κ2) is 9.10. The summed E-state index contributed by atoms with van der Waals surface area (Å²) in [4.78, 5) is 28.4. The lowest BCUT2D eigenvalue weighted by Crippen LogP contribution is -2.49. The number of nitrogens with one attached hydrogen (secondary N) is 1.